The number of benzene rings is 1. The first-order valence-electron chi connectivity index (χ1n) is 11.1. The molecule has 2 aliphatic rings. The van der Waals surface area contributed by atoms with Gasteiger partial charge >= 0.3 is 0 Å². The summed E-state index contributed by atoms with van der Waals surface area (Å²) in [4.78, 5) is 11.8. The largest absolute Gasteiger partial charge is 0.357 e. The van der Waals surface area contributed by atoms with Crippen molar-refractivity contribution in [2.24, 2.45) is 4.99 Å². The predicted molar refractivity (Wildman–Crippen MR) is 120 cm³/mol. The lowest BCUT2D eigenvalue weighted by molar-refractivity contribution is 0.244. The van der Waals surface area contributed by atoms with Crippen LogP contribution in [0.1, 0.15) is 50.2 Å². The van der Waals surface area contributed by atoms with E-state index in [9.17, 15) is 0 Å². The van der Waals surface area contributed by atoms with Crippen molar-refractivity contribution in [2.45, 2.75) is 51.0 Å². The van der Waals surface area contributed by atoms with Gasteiger partial charge in [-0.2, -0.15) is 0 Å². The third-order valence-electron chi connectivity index (χ3n) is 6.29. The molecule has 1 aromatic carbocycles. The molecule has 1 saturated heterocycles. The van der Waals surface area contributed by atoms with Gasteiger partial charge in [0.2, 0.25) is 0 Å². The lowest BCUT2D eigenvalue weighted by Gasteiger charge is -2.43. The fourth-order valence-corrected chi connectivity index (χ4v) is 4.41. The maximum atomic E-state index is 4.85. The maximum Gasteiger partial charge on any atom is 0.191 e. The molecule has 2 N–H and O–H groups in total. The summed E-state index contributed by atoms with van der Waals surface area (Å²) in [6, 6.07) is 15.2. The van der Waals surface area contributed by atoms with Gasteiger partial charge in [0.1, 0.15) is 5.82 Å². The van der Waals surface area contributed by atoms with Crippen LogP contribution in [0.15, 0.2) is 53.7 Å². The van der Waals surface area contributed by atoms with Gasteiger partial charge in [-0.25, -0.2) is 9.98 Å². The van der Waals surface area contributed by atoms with Crippen LogP contribution in [0.25, 0.3) is 0 Å². The number of nitrogens with zero attached hydrogens (tertiary/aromatic N) is 3. The average Bonchev–Trinajstić information content (AvgIpc) is 3.27. The maximum absolute atomic E-state index is 4.85. The molecule has 154 valence electrons. The molecule has 1 aliphatic carbocycles. The number of hydrogen-bond donors (Lipinski definition) is 2. The Hall–Kier alpha value is -2.56. The van der Waals surface area contributed by atoms with Gasteiger partial charge in [0.05, 0.1) is 6.54 Å². The predicted octanol–water partition coefficient (Wildman–Crippen LogP) is 3.86. The molecule has 4 rings (SSSR count). The van der Waals surface area contributed by atoms with Crippen LogP contribution in [0.3, 0.4) is 0 Å². The molecule has 1 aliphatic heterocycles. The Morgan fingerprint density at radius 1 is 1.07 bits per heavy atom. The lowest BCUT2D eigenvalue weighted by Crippen LogP contribution is -2.48. The van der Waals surface area contributed by atoms with Crippen LogP contribution >= 0.6 is 0 Å². The zero-order valence-corrected chi connectivity index (χ0v) is 17.5. The van der Waals surface area contributed by atoms with Crippen LogP contribution in [0.2, 0.25) is 0 Å². The molecule has 29 heavy (non-hydrogen) atoms. The minimum Gasteiger partial charge on any atom is -0.357 e. The number of guanidine groups is 1. The number of aromatic nitrogens is 1. The number of rotatable bonds is 7. The zero-order valence-electron chi connectivity index (χ0n) is 17.5. The van der Waals surface area contributed by atoms with E-state index in [0.717, 1.165) is 38.0 Å². The Balaban J connectivity index is 1.41. The van der Waals surface area contributed by atoms with Crippen LogP contribution in [0.5, 0.6) is 0 Å². The Kier molecular flexibility index (Phi) is 6.33. The summed E-state index contributed by atoms with van der Waals surface area (Å²) in [5, 5.41) is 7.02. The third kappa shape index (κ3) is 4.72. The van der Waals surface area contributed by atoms with Crippen molar-refractivity contribution in [1.29, 1.82) is 0 Å². The second-order valence-corrected chi connectivity index (χ2v) is 8.27. The molecule has 2 aromatic rings. The van der Waals surface area contributed by atoms with E-state index in [1.165, 1.54) is 43.2 Å². The van der Waals surface area contributed by atoms with Crippen LogP contribution in [0, 0.1) is 0 Å². The second kappa shape index (κ2) is 9.29. The highest BCUT2D eigenvalue weighted by Gasteiger charge is 2.38. The van der Waals surface area contributed by atoms with Crippen LogP contribution in [-0.2, 0) is 12.0 Å². The standard InChI is InChI=1S/C24H33N5/c1-2-25-23(28-19-24(12-8-13-24)21-9-4-3-5-10-21)27-18-20-11-14-26-22(17-20)29-15-6-7-16-29/h3-5,9-11,14,17H,2,6-8,12-13,15-16,18-19H2,1H3,(H2,25,27,28). The smallest absolute Gasteiger partial charge is 0.191 e. The Morgan fingerprint density at radius 2 is 1.86 bits per heavy atom. The minimum absolute atomic E-state index is 0.247. The number of aliphatic imine (C=N–C) groups is 1. The molecule has 0 atom stereocenters. The number of hydrogen-bond acceptors (Lipinski definition) is 3. The average molecular weight is 392 g/mol. The van der Waals surface area contributed by atoms with Crippen LogP contribution < -0.4 is 15.5 Å². The van der Waals surface area contributed by atoms with E-state index in [1.807, 2.05) is 6.20 Å². The molecule has 1 saturated carbocycles. The SMILES string of the molecule is CCNC(=NCc1ccnc(N2CCCC2)c1)NCC1(c2ccccc2)CCC1. The molecule has 0 unspecified atom stereocenters. The van der Waals surface area contributed by atoms with Crippen molar-refractivity contribution in [3.05, 3.63) is 59.8 Å². The van der Waals surface area contributed by atoms with E-state index < -0.39 is 0 Å². The van der Waals surface area contributed by atoms with Crippen molar-refractivity contribution in [3.8, 4) is 0 Å². The van der Waals surface area contributed by atoms with Crippen molar-refractivity contribution >= 4 is 11.8 Å². The summed E-state index contributed by atoms with van der Waals surface area (Å²) in [6.45, 7) is 6.80. The molecular formula is C24H33N5. The quantitative estimate of drug-likeness (QED) is 0.556. The topological polar surface area (TPSA) is 52.6 Å². The van der Waals surface area contributed by atoms with Gasteiger partial charge in [0.15, 0.2) is 5.96 Å². The lowest BCUT2D eigenvalue weighted by atomic mass is 9.64. The Morgan fingerprint density at radius 3 is 2.55 bits per heavy atom. The minimum atomic E-state index is 0.247. The van der Waals surface area contributed by atoms with Crippen molar-refractivity contribution < 1.29 is 0 Å². The van der Waals surface area contributed by atoms with E-state index >= 15 is 0 Å². The van der Waals surface area contributed by atoms with E-state index in [2.05, 4.69) is 69.9 Å². The van der Waals surface area contributed by atoms with Crippen molar-refractivity contribution in [3.63, 3.8) is 0 Å². The summed E-state index contributed by atoms with van der Waals surface area (Å²) in [6.07, 6.45) is 8.24. The zero-order chi connectivity index (χ0) is 19.9. The van der Waals surface area contributed by atoms with Crippen molar-refractivity contribution in [1.82, 2.24) is 15.6 Å². The summed E-state index contributed by atoms with van der Waals surface area (Å²) >= 11 is 0. The van der Waals surface area contributed by atoms with Gasteiger partial charge in [0.25, 0.3) is 0 Å². The van der Waals surface area contributed by atoms with Crippen molar-refractivity contribution in [2.75, 3.05) is 31.1 Å². The van der Waals surface area contributed by atoms with Crippen LogP contribution in [-0.4, -0.2) is 37.1 Å². The van der Waals surface area contributed by atoms with Gasteiger partial charge in [-0.1, -0.05) is 36.8 Å². The van der Waals surface area contributed by atoms with E-state index in [-0.39, 0.29) is 5.41 Å². The summed E-state index contributed by atoms with van der Waals surface area (Å²) in [5.41, 5.74) is 2.90. The van der Waals surface area contributed by atoms with Gasteiger partial charge in [-0.05, 0) is 55.9 Å². The van der Waals surface area contributed by atoms with E-state index in [4.69, 9.17) is 4.99 Å². The molecular weight excluding hydrogens is 358 g/mol. The monoisotopic (exact) mass is 391 g/mol. The summed E-state index contributed by atoms with van der Waals surface area (Å²) < 4.78 is 0. The number of anilines is 1. The van der Waals surface area contributed by atoms with E-state index in [0.29, 0.717) is 6.54 Å². The van der Waals surface area contributed by atoms with Gasteiger partial charge in [-0.3, -0.25) is 0 Å². The molecule has 5 nitrogen and oxygen atoms in total. The molecule has 0 bridgehead atoms. The highest BCUT2D eigenvalue weighted by Crippen LogP contribution is 2.43. The first-order chi connectivity index (χ1) is 14.3. The van der Waals surface area contributed by atoms with Gasteiger partial charge < -0.3 is 15.5 Å². The molecule has 1 aromatic heterocycles. The van der Waals surface area contributed by atoms with E-state index in [1.54, 1.807) is 0 Å². The third-order valence-corrected chi connectivity index (χ3v) is 6.29. The van der Waals surface area contributed by atoms with Crippen LogP contribution in [0.4, 0.5) is 5.82 Å². The van der Waals surface area contributed by atoms with Gasteiger partial charge in [0, 0.05) is 37.8 Å². The molecule has 0 radical (unpaired) electrons. The molecule has 5 heteroatoms. The van der Waals surface area contributed by atoms with Gasteiger partial charge in [-0.15, -0.1) is 0 Å². The molecule has 2 heterocycles. The normalized spacial score (nSPS) is 18.4. The summed E-state index contributed by atoms with van der Waals surface area (Å²) in [7, 11) is 0. The molecule has 0 spiro atoms. The first-order valence-corrected chi connectivity index (χ1v) is 11.1. The number of nitrogens with one attached hydrogen (secondary N) is 2. The highest BCUT2D eigenvalue weighted by atomic mass is 15.2. The highest BCUT2D eigenvalue weighted by molar-refractivity contribution is 5.80. The number of pyridine rings is 1. The Bertz CT molecular complexity index is 807. The summed E-state index contributed by atoms with van der Waals surface area (Å²) in [5.74, 6) is 1.99. The molecule has 2 fully saturated rings. The fourth-order valence-electron chi connectivity index (χ4n) is 4.41. The molecule has 0 amide bonds. The Labute approximate surface area is 174 Å². The second-order valence-electron chi connectivity index (χ2n) is 8.27. The fraction of sp³-hybridized carbons (Fsp3) is 0.500. The first kappa shape index (κ1) is 19.7.